The zero-order valence-corrected chi connectivity index (χ0v) is 7.01. The van der Waals surface area contributed by atoms with Gasteiger partial charge in [-0.15, -0.1) is 0 Å². The normalized spacial score (nSPS) is 26.8. The van der Waals surface area contributed by atoms with Crippen LogP contribution in [-0.2, 0) is 0 Å². The molecule has 1 atom stereocenters. The number of hydrogen-bond donors (Lipinski definition) is 0. The molecule has 0 aromatic heterocycles. The molecule has 0 aliphatic heterocycles. The first kappa shape index (κ1) is 6.90. The summed E-state index contributed by atoms with van der Waals surface area (Å²) in [7, 11) is 0. The van der Waals surface area contributed by atoms with E-state index >= 15 is 0 Å². The summed E-state index contributed by atoms with van der Waals surface area (Å²) >= 11 is 0. The SMILES string of the molecule is CCCC1=CC2CC=CC2=C1. The molecule has 0 N–H and O–H groups in total. The smallest absolute Gasteiger partial charge is 0.00583 e. The van der Waals surface area contributed by atoms with E-state index in [1.54, 1.807) is 5.57 Å². The number of fused-ring (bicyclic) bond motifs is 1. The molecule has 1 unspecified atom stereocenters. The molecule has 0 saturated heterocycles. The highest BCUT2D eigenvalue weighted by Crippen LogP contribution is 2.34. The number of hydrogen-bond acceptors (Lipinski definition) is 0. The fraction of sp³-hybridized carbons (Fsp3) is 0.455. The van der Waals surface area contributed by atoms with E-state index in [4.69, 9.17) is 0 Å². The third kappa shape index (κ3) is 1.18. The molecule has 58 valence electrons. The molecule has 0 saturated carbocycles. The Balaban J connectivity index is 2.12. The Hall–Kier alpha value is -0.780. The fourth-order valence-corrected chi connectivity index (χ4v) is 1.89. The van der Waals surface area contributed by atoms with Crippen LogP contribution < -0.4 is 0 Å². The molecule has 0 fully saturated rings. The van der Waals surface area contributed by atoms with Crippen molar-refractivity contribution in [1.29, 1.82) is 0 Å². The maximum atomic E-state index is 2.43. The van der Waals surface area contributed by atoms with Crippen LogP contribution in [-0.4, -0.2) is 0 Å². The minimum absolute atomic E-state index is 0.747. The summed E-state index contributed by atoms with van der Waals surface area (Å²) in [5, 5.41) is 0. The van der Waals surface area contributed by atoms with Crippen LogP contribution in [0.2, 0.25) is 0 Å². The first-order valence-electron chi connectivity index (χ1n) is 4.49. The van der Waals surface area contributed by atoms with Gasteiger partial charge in [-0.25, -0.2) is 0 Å². The average molecular weight is 146 g/mol. The van der Waals surface area contributed by atoms with E-state index in [0.29, 0.717) is 0 Å². The van der Waals surface area contributed by atoms with Crippen LogP contribution in [0.3, 0.4) is 0 Å². The molecule has 0 spiro atoms. The second kappa shape index (κ2) is 2.69. The Kier molecular flexibility index (Phi) is 1.69. The Labute approximate surface area is 68.3 Å². The van der Waals surface area contributed by atoms with Crippen molar-refractivity contribution in [3.63, 3.8) is 0 Å². The van der Waals surface area contributed by atoms with E-state index in [1.807, 2.05) is 0 Å². The summed E-state index contributed by atoms with van der Waals surface area (Å²) in [5.41, 5.74) is 3.09. The average Bonchev–Trinajstić information content (AvgIpc) is 2.46. The van der Waals surface area contributed by atoms with Crippen molar-refractivity contribution in [3.8, 4) is 0 Å². The van der Waals surface area contributed by atoms with Gasteiger partial charge in [-0.3, -0.25) is 0 Å². The van der Waals surface area contributed by atoms with Gasteiger partial charge in [0.15, 0.2) is 0 Å². The van der Waals surface area contributed by atoms with Crippen LogP contribution in [0.25, 0.3) is 0 Å². The Morgan fingerprint density at radius 2 is 2.45 bits per heavy atom. The van der Waals surface area contributed by atoms with Gasteiger partial charge in [0.2, 0.25) is 0 Å². The van der Waals surface area contributed by atoms with Gasteiger partial charge in [0, 0.05) is 5.92 Å². The van der Waals surface area contributed by atoms with Crippen LogP contribution in [0.15, 0.2) is 35.5 Å². The van der Waals surface area contributed by atoms with Crippen molar-refractivity contribution in [2.45, 2.75) is 26.2 Å². The van der Waals surface area contributed by atoms with Gasteiger partial charge in [0.1, 0.15) is 0 Å². The monoisotopic (exact) mass is 146 g/mol. The Morgan fingerprint density at radius 3 is 3.18 bits per heavy atom. The quantitative estimate of drug-likeness (QED) is 0.561. The van der Waals surface area contributed by atoms with E-state index < -0.39 is 0 Å². The molecular weight excluding hydrogens is 132 g/mol. The van der Waals surface area contributed by atoms with Gasteiger partial charge in [-0.05, 0) is 18.4 Å². The van der Waals surface area contributed by atoms with Gasteiger partial charge in [0.25, 0.3) is 0 Å². The first-order valence-corrected chi connectivity index (χ1v) is 4.49. The lowest BCUT2D eigenvalue weighted by Gasteiger charge is -1.97. The van der Waals surface area contributed by atoms with Gasteiger partial charge < -0.3 is 0 Å². The van der Waals surface area contributed by atoms with Crippen molar-refractivity contribution in [3.05, 3.63) is 35.5 Å². The van der Waals surface area contributed by atoms with Crippen molar-refractivity contribution in [2.24, 2.45) is 5.92 Å². The maximum Gasteiger partial charge on any atom is 0.00583 e. The molecule has 0 nitrogen and oxygen atoms in total. The van der Waals surface area contributed by atoms with Crippen LogP contribution in [0, 0.1) is 5.92 Å². The predicted octanol–water partition coefficient (Wildman–Crippen LogP) is 3.23. The maximum absolute atomic E-state index is 2.43. The molecular formula is C11H14. The predicted molar refractivity (Wildman–Crippen MR) is 48.3 cm³/mol. The van der Waals surface area contributed by atoms with E-state index in [1.165, 1.54) is 24.8 Å². The van der Waals surface area contributed by atoms with E-state index in [-0.39, 0.29) is 0 Å². The second-order valence-corrected chi connectivity index (χ2v) is 3.38. The highest BCUT2D eigenvalue weighted by molar-refractivity contribution is 5.44. The minimum Gasteiger partial charge on any atom is -0.0833 e. The summed E-state index contributed by atoms with van der Waals surface area (Å²) in [6, 6.07) is 0. The van der Waals surface area contributed by atoms with Gasteiger partial charge in [-0.2, -0.15) is 0 Å². The van der Waals surface area contributed by atoms with Crippen molar-refractivity contribution >= 4 is 0 Å². The van der Waals surface area contributed by atoms with Crippen molar-refractivity contribution in [1.82, 2.24) is 0 Å². The molecule has 0 radical (unpaired) electrons. The highest BCUT2D eigenvalue weighted by atomic mass is 14.2. The summed E-state index contributed by atoms with van der Waals surface area (Å²) < 4.78 is 0. The largest absolute Gasteiger partial charge is 0.0833 e. The summed E-state index contributed by atoms with van der Waals surface area (Å²) in [6.45, 7) is 2.24. The van der Waals surface area contributed by atoms with Gasteiger partial charge >= 0.3 is 0 Å². The van der Waals surface area contributed by atoms with E-state index in [2.05, 4.69) is 31.2 Å². The second-order valence-electron chi connectivity index (χ2n) is 3.38. The molecule has 2 rings (SSSR count). The molecule has 0 heteroatoms. The standard InChI is InChI=1S/C11H14/c1-2-4-9-7-10-5-3-6-11(10)8-9/h3,5,7-8,11H,2,4,6H2,1H3. The van der Waals surface area contributed by atoms with Crippen LogP contribution in [0.4, 0.5) is 0 Å². The van der Waals surface area contributed by atoms with Crippen LogP contribution >= 0.6 is 0 Å². The lowest BCUT2D eigenvalue weighted by atomic mass is 10.1. The Morgan fingerprint density at radius 1 is 1.55 bits per heavy atom. The fourth-order valence-electron chi connectivity index (χ4n) is 1.89. The summed E-state index contributed by atoms with van der Waals surface area (Å²) in [5.74, 6) is 0.747. The molecule has 0 aromatic rings. The number of rotatable bonds is 2. The molecule has 2 aliphatic rings. The third-order valence-corrected chi connectivity index (χ3v) is 2.43. The first-order chi connectivity index (χ1) is 5.40. The molecule has 2 aliphatic carbocycles. The zero-order chi connectivity index (χ0) is 7.68. The van der Waals surface area contributed by atoms with Crippen LogP contribution in [0.1, 0.15) is 26.2 Å². The van der Waals surface area contributed by atoms with Crippen molar-refractivity contribution < 1.29 is 0 Å². The number of allylic oxidation sites excluding steroid dienone is 6. The molecule has 0 amide bonds. The highest BCUT2D eigenvalue weighted by Gasteiger charge is 2.18. The minimum atomic E-state index is 0.747. The third-order valence-electron chi connectivity index (χ3n) is 2.43. The molecule has 0 aromatic carbocycles. The summed E-state index contributed by atoms with van der Waals surface area (Å²) in [4.78, 5) is 0. The lowest BCUT2D eigenvalue weighted by molar-refractivity contribution is 0.836. The van der Waals surface area contributed by atoms with Gasteiger partial charge in [-0.1, -0.05) is 43.2 Å². The lowest BCUT2D eigenvalue weighted by Crippen LogP contribution is -1.85. The summed E-state index contributed by atoms with van der Waals surface area (Å²) in [6.07, 6.45) is 13.1. The van der Waals surface area contributed by atoms with E-state index in [9.17, 15) is 0 Å². The van der Waals surface area contributed by atoms with Crippen LogP contribution in [0.5, 0.6) is 0 Å². The molecule has 0 heterocycles. The Bertz CT molecular complexity index is 241. The molecule has 11 heavy (non-hydrogen) atoms. The van der Waals surface area contributed by atoms with Crippen molar-refractivity contribution in [2.75, 3.05) is 0 Å². The van der Waals surface area contributed by atoms with E-state index in [0.717, 1.165) is 5.92 Å². The molecule has 0 bridgehead atoms. The van der Waals surface area contributed by atoms with Gasteiger partial charge in [0.05, 0.1) is 0 Å². The topological polar surface area (TPSA) is 0 Å². The zero-order valence-electron chi connectivity index (χ0n) is 7.01.